The van der Waals surface area contributed by atoms with Crippen molar-refractivity contribution in [2.24, 2.45) is 0 Å². The van der Waals surface area contributed by atoms with Gasteiger partial charge in [0.1, 0.15) is 5.82 Å². The molecule has 0 aromatic carbocycles. The highest BCUT2D eigenvalue weighted by molar-refractivity contribution is 7.09. The summed E-state index contributed by atoms with van der Waals surface area (Å²) >= 11 is 7.47. The van der Waals surface area contributed by atoms with Gasteiger partial charge in [0.05, 0.1) is 10.6 Å². The molecule has 2 aromatic heterocycles. The number of thiophene rings is 1. The molecule has 0 saturated heterocycles. The second-order valence-corrected chi connectivity index (χ2v) is 5.82. The molecule has 0 aliphatic heterocycles. The van der Waals surface area contributed by atoms with Gasteiger partial charge in [-0.3, -0.25) is 0 Å². The van der Waals surface area contributed by atoms with Crippen molar-refractivity contribution >= 4 is 28.8 Å². The van der Waals surface area contributed by atoms with Crippen LogP contribution < -0.4 is 5.32 Å². The van der Waals surface area contributed by atoms with Crippen LogP contribution in [0, 0.1) is 0 Å². The first-order chi connectivity index (χ1) is 9.36. The average Bonchev–Trinajstić information content (AvgIpc) is 2.83. The Kier molecular flexibility index (Phi) is 4.55. The van der Waals surface area contributed by atoms with Crippen LogP contribution in [-0.2, 0) is 12.6 Å². The van der Waals surface area contributed by atoms with Crippen LogP contribution in [0.5, 0.6) is 0 Å². The smallest absolute Gasteiger partial charge is 0.366 e. The van der Waals surface area contributed by atoms with Gasteiger partial charge in [0.25, 0.3) is 0 Å². The highest BCUT2D eigenvalue weighted by atomic mass is 35.5. The second-order valence-electron chi connectivity index (χ2n) is 4.38. The molecule has 2 nitrogen and oxygen atoms in total. The quantitative estimate of drug-likeness (QED) is 0.870. The molecule has 0 radical (unpaired) electrons. The number of nitrogens with one attached hydrogen (secondary N) is 1. The number of hydrogen-bond acceptors (Lipinski definition) is 3. The zero-order chi connectivity index (χ0) is 14.8. The normalized spacial score (nSPS) is 13.2. The van der Waals surface area contributed by atoms with Crippen molar-refractivity contribution in [1.29, 1.82) is 0 Å². The standard InChI is InChI=1S/C13H12ClF3N2S/c1-8(5-10-3-2-4-20-10)19-12-11(14)6-9(7-18-12)13(15,16)17/h2-4,6-8H,5H2,1H3,(H,18,19). The van der Waals surface area contributed by atoms with Crippen LogP contribution >= 0.6 is 22.9 Å². The van der Waals surface area contributed by atoms with Crippen molar-refractivity contribution in [3.8, 4) is 0 Å². The Hall–Kier alpha value is -1.27. The Labute approximate surface area is 123 Å². The molecule has 0 aliphatic rings. The Morgan fingerprint density at radius 3 is 2.75 bits per heavy atom. The number of halogens is 4. The summed E-state index contributed by atoms with van der Waals surface area (Å²) in [6.45, 7) is 1.93. The minimum Gasteiger partial charge on any atom is -0.366 e. The fraction of sp³-hybridized carbons (Fsp3) is 0.308. The van der Waals surface area contributed by atoms with Crippen LogP contribution in [0.15, 0.2) is 29.8 Å². The van der Waals surface area contributed by atoms with E-state index in [1.807, 2.05) is 24.4 Å². The third kappa shape index (κ3) is 3.86. The molecule has 2 heterocycles. The van der Waals surface area contributed by atoms with Crippen LogP contribution in [0.1, 0.15) is 17.4 Å². The number of aromatic nitrogens is 1. The first-order valence-electron chi connectivity index (χ1n) is 5.88. The highest BCUT2D eigenvalue weighted by Gasteiger charge is 2.31. The lowest BCUT2D eigenvalue weighted by Gasteiger charge is -2.15. The molecule has 1 atom stereocenters. The molecule has 7 heteroatoms. The Morgan fingerprint density at radius 2 is 2.20 bits per heavy atom. The summed E-state index contributed by atoms with van der Waals surface area (Å²) in [5.41, 5.74) is -0.848. The third-order valence-electron chi connectivity index (χ3n) is 2.64. The summed E-state index contributed by atoms with van der Waals surface area (Å²) in [5, 5.41) is 4.97. The van der Waals surface area contributed by atoms with E-state index in [0.717, 1.165) is 18.7 Å². The van der Waals surface area contributed by atoms with Crippen molar-refractivity contribution in [2.75, 3.05) is 5.32 Å². The summed E-state index contributed by atoms with van der Waals surface area (Å²) in [6.07, 6.45) is -2.89. The summed E-state index contributed by atoms with van der Waals surface area (Å²) in [5.74, 6) is 0.267. The van der Waals surface area contributed by atoms with Crippen LogP contribution in [0.4, 0.5) is 19.0 Å². The minimum absolute atomic E-state index is 0.0235. The van der Waals surface area contributed by atoms with Crippen molar-refractivity contribution in [1.82, 2.24) is 4.98 Å². The molecule has 2 rings (SSSR count). The van der Waals surface area contributed by atoms with E-state index in [-0.39, 0.29) is 16.9 Å². The van der Waals surface area contributed by atoms with Gasteiger partial charge in [-0.2, -0.15) is 13.2 Å². The van der Waals surface area contributed by atoms with Gasteiger partial charge in [-0.1, -0.05) is 17.7 Å². The van der Waals surface area contributed by atoms with E-state index in [1.54, 1.807) is 11.3 Å². The molecule has 0 fully saturated rings. The van der Waals surface area contributed by atoms with Crippen LogP contribution in [0.2, 0.25) is 5.02 Å². The number of nitrogens with zero attached hydrogens (tertiary/aromatic N) is 1. The summed E-state index contributed by atoms with van der Waals surface area (Å²) in [4.78, 5) is 4.94. The highest BCUT2D eigenvalue weighted by Crippen LogP contribution is 2.32. The second kappa shape index (κ2) is 6.01. The van der Waals surface area contributed by atoms with E-state index in [9.17, 15) is 13.2 Å². The van der Waals surface area contributed by atoms with Gasteiger partial charge in [-0.25, -0.2) is 4.98 Å². The lowest BCUT2D eigenvalue weighted by atomic mass is 10.2. The summed E-state index contributed by atoms with van der Waals surface area (Å²) in [6, 6.07) is 4.87. The monoisotopic (exact) mass is 320 g/mol. The van der Waals surface area contributed by atoms with Gasteiger partial charge in [0.2, 0.25) is 0 Å². The van der Waals surface area contributed by atoms with Gasteiger partial charge in [0.15, 0.2) is 0 Å². The van der Waals surface area contributed by atoms with E-state index >= 15 is 0 Å². The fourth-order valence-corrected chi connectivity index (χ4v) is 2.77. The van der Waals surface area contributed by atoms with Crippen molar-refractivity contribution in [3.05, 3.63) is 45.2 Å². The van der Waals surface area contributed by atoms with E-state index in [1.165, 1.54) is 4.88 Å². The molecule has 0 amide bonds. The minimum atomic E-state index is -4.43. The summed E-state index contributed by atoms with van der Waals surface area (Å²) in [7, 11) is 0. The van der Waals surface area contributed by atoms with Crippen LogP contribution in [0.3, 0.4) is 0 Å². The molecular weight excluding hydrogens is 309 g/mol. The molecule has 2 aromatic rings. The van der Waals surface area contributed by atoms with Crippen LogP contribution in [-0.4, -0.2) is 11.0 Å². The first kappa shape index (κ1) is 15.1. The predicted octanol–water partition coefficient (Wildman–Crippen LogP) is 4.86. The van der Waals surface area contributed by atoms with Gasteiger partial charge in [-0.05, 0) is 24.4 Å². The topological polar surface area (TPSA) is 24.9 Å². The summed E-state index contributed by atoms with van der Waals surface area (Å²) < 4.78 is 37.5. The molecule has 20 heavy (non-hydrogen) atoms. The molecule has 0 saturated carbocycles. The number of alkyl halides is 3. The zero-order valence-electron chi connectivity index (χ0n) is 10.5. The Morgan fingerprint density at radius 1 is 1.45 bits per heavy atom. The van der Waals surface area contributed by atoms with Gasteiger partial charge in [0, 0.05) is 23.5 Å². The fourth-order valence-electron chi connectivity index (χ4n) is 1.71. The number of rotatable bonds is 4. The Balaban J connectivity index is 2.06. The third-order valence-corrected chi connectivity index (χ3v) is 3.83. The lowest BCUT2D eigenvalue weighted by Crippen LogP contribution is -2.19. The van der Waals surface area contributed by atoms with Gasteiger partial charge >= 0.3 is 6.18 Å². The van der Waals surface area contributed by atoms with E-state index in [0.29, 0.717) is 0 Å². The van der Waals surface area contributed by atoms with Crippen molar-refractivity contribution in [2.45, 2.75) is 25.6 Å². The SMILES string of the molecule is CC(Cc1cccs1)Nc1ncc(C(F)(F)F)cc1Cl. The molecule has 1 N–H and O–H groups in total. The van der Waals surface area contributed by atoms with Gasteiger partial charge in [-0.15, -0.1) is 11.3 Å². The molecule has 0 bridgehead atoms. The van der Waals surface area contributed by atoms with Gasteiger partial charge < -0.3 is 5.32 Å². The molecule has 0 aliphatic carbocycles. The number of anilines is 1. The van der Waals surface area contributed by atoms with E-state index in [4.69, 9.17) is 11.6 Å². The lowest BCUT2D eigenvalue weighted by molar-refractivity contribution is -0.137. The van der Waals surface area contributed by atoms with Crippen LogP contribution in [0.25, 0.3) is 0 Å². The maximum absolute atomic E-state index is 12.5. The molecular formula is C13H12ClF3N2S. The first-order valence-corrected chi connectivity index (χ1v) is 7.13. The molecule has 0 spiro atoms. The predicted molar refractivity (Wildman–Crippen MR) is 75.4 cm³/mol. The maximum atomic E-state index is 12.5. The Bertz CT molecular complexity index is 569. The number of pyridine rings is 1. The van der Waals surface area contributed by atoms with Crippen molar-refractivity contribution < 1.29 is 13.2 Å². The number of hydrogen-bond donors (Lipinski definition) is 1. The van der Waals surface area contributed by atoms with E-state index < -0.39 is 11.7 Å². The van der Waals surface area contributed by atoms with E-state index in [2.05, 4.69) is 10.3 Å². The molecule has 108 valence electrons. The zero-order valence-corrected chi connectivity index (χ0v) is 12.1. The largest absolute Gasteiger partial charge is 0.417 e. The molecule has 1 unspecified atom stereocenters. The average molecular weight is 321 g/mol. The van der Waals surface area contributed by atoms with Crippen molar-refractivity contribution in [3.63, 3.8) is 0 Å². The maximum Gasteiger partial charge on any atom is 0.417 e.